The van der Waals surface area contributed by atoms with Gasteiger partial charge in [-0.25, -0.2) is 17.5 Å². The van der Waals surface area contributed by atoms with Crippen molar-refractivity contribution in [3.63, 3.8) is 0 Å². The largest absolute Gasteiger partial charge is 0.464 e. The molecular formula is C27H29FN4O5S. The number of halogens is 1. The zero-order valence-electron chi connectivity index (χ0n) is 21.3. The normalized spacial score (nSPS) is 11.9. The predicted molar refractivity (Wildman–Crippen MR) is 142 cm³/mol. The van der Waals surface area contributed by atoms with Crippen molar-refractivity contribution in [2.45, 2.75) is 25.3 Å². The molecule has 0 atom stereocenters. The Morgan fingerprint density at radius 1 is 1.16 bits per heavy atom. The third-order valence-corrected chi connectivity index (χ3v) is 7.56. The molecule has 1 heterocycles. The first-order valence-electron chi connectivity index (χ1n) is 11.7. The maximum absolute atomic E-state index is 13.3. The minimum atomic E-state index is -3.76. The molecule has 0 saturated carbocycles. The van der Waals surface area contributed by atoms with Crippen LogP contribution in [0.4, 0.5) is 4.39 Å². The minimum Gasteiger partial charge on any atom is -0.464 e. The Bertz CT molecular complexity index is 1450. The van der Waals surface area contributed by atoms with Crippen LogP contribution in [0.15, 0.2) is 72.3 Å². The number of nitrogens with zero attached hydrogens (tertiary/aromatic N) is 3. The van der Waals surface area contributed by atoms with E-state index in [4.69, 9.17) is 4.74 Å². The van der Waals surface area contributed by atoms with Crippen molar-refractivity contribution in [1.82, 2.24) is 19.4 Å². The maximum atomic E-state index is 13.3. The molecule has 3 rings (SSSR count). The lowest BCUT2D eigenvalue weighted by Gasteiger charge is -2.17. The highest BCUT2D eigenvalue weighted by molar-refractivity contribution is 7.89. The molecular weight excluding hydrogens is 511 g/mol. The number of allylic oxidation sites excluding steroid dienone is 1. The molecule has 0 radical (unpaired) electrons. The summed E-state index contributed by atoms with van der Waals surface area (Å²) in [5.74, 6) is -1.20. The average molecular weight is 541 g/mol. The summed E-state index contributed by atoms with van der Waals surface area (Å²) in [5, 5.41) is 7.19. The summed E-state index contributed by atoms with van der Waals surface area (Å²) >= 11 is 0. The Labute approximate surface area is 221 Å². The smallest absolute Gasteiger partial charge is 0.302 e. The van der Waals surface area contributed by atoms with Crippen molar-refractivity contribution < 1.29 is 27.1 Å². The zero-order chi connectivity index (χ0) is 27.9. The number of likely N-dealkylation sites (N-methyl/N-ethyl adjacent to an activating group) is 1. The van der Waals surface area contributed by atoms with Gasteiger partial charge in [0.25, 0.3) is 5.91 Å². The first kappa shape index (κ1) is 28.5. The van der Waals surface area contributed by atoms with E-state index in [1.165, 1.54) is 38.2 Å². The van der Waals surface area contributed by atoms with Gasteiger partial charge in [0, 0.05) is 38.2 Å². The molecule has 2 aromatic carbocycles. The molecule has 3 aromatic rings. The number of carbonyl (C=O) groups excluding carboxylic acids is 2. The molecule has 0 saturated heterocycles. The van der Waals surface area contributed by atoms with Gasteiger partial charge in [-0.3, -0.25) is 9.59 Å². The van der Waals surface area contributed by atoms with E-state index in [1.807, 2.05) is 0 Å². The van der Waals surface area contributed by atoms with Gasteiger partial charge in [0.2, 0.25) is 10.0 Å². The Morgan fingerprint density at radius 3 is 2.39 bits per heavy atom. The summed E-state index contributed by atoms with van der Waals surface area (Å²) in [4.78, 5) is 24.0. The SMILES string of the molecule is C=Cc1c(/C(=C\C)C(=O)NCc2ccc(S(=O)(=O)N(C)CCOC(C)=O)cc2)cnn1-c1ccc(F)cc1. The van der Waals surface area contributed by atoms with Gasteiger partial charge < -0.3 is 10.1 Å². The molecule has 0 fully saturated rings. The molecule has 1 amide bonds. The van der Waals surface area contributed by atoms with Crippen LogP contribution in [0, 0.1) is 5.82 Å². The van der Waals surface area contributed by atoms with Crippen LogP contribution in [0.5, 0.6) is 0 Å². The summed E-state index contributed by atoms with van der Waals surface area (Å²) in [6.07, 6.45) is 4.79. The maximum Gasteiger partial charge on any atom is 0.302 e. The number of sulfonamides is 1. The van der Waals surface area contributed by atoms with Crippen molar-refractivity contribution >= 4 is 33.5 Å². The number of nitrogens with one attached hydrogen (secondary N) is 1. The Morgan fingerprint density at radius 2 is 1.82 bits per heavy atom. The van der Waals surface area contributed by atoms with E-state index < -0.39 is 16.0 Å². The number of benzene rings is 2. The molecule has 11 heteroatoms. The van der Waals surface area contributed by atoms with Gasteiger partial charge in [-0.15, -0.1) is 0 Å². The first-order chi connectivity index (χ1) is 18.1. The molecule has 0 bridgehead atoms. The Kier molecular flexibility index (Phi) is 9.32. The number of hydrogen-bond donors (Lipinski definition) is 1. The van der Waals surface area contributed by atoms with E-state index in [9.17, 15) is 22.4 Å². The second-order valence-corrected chi connectivity index (χ2v) is 10.3. The number of rotatable bonds is 11. The summed E-state index contributed by atoms with van der Waals surface area (Å²) < 4.78 is 46.3. The van der Waals surface area contributed by atoms with Crippen LogP contribution >= 0.6 is 0 Å². The lowest BCUT2D eigenvalue weighted by atomic mass is 10.1. The van der Waals surface area contributed by atoms with Crippen LogP contribution in [-0.2, 0) is 30.9 Å². The van der Waals surface area contributed by atoms with Crippen LogP contribution in [-0.4, -0.2) is 54.6 Å². The Balaban J connectivity index is 1.69. The van der Waals surface area contributed by atoms with Crippen molar-refractivity contribution in [2.75, 3.05) is 20.2 Å². The molecule has 200 valence electrons. The number of aromatic nitrogens is 2. The van der Waals surface area contributed by atoms with Crippen LogP contribution in [0.1, 0.15) is 30.7 Å². The highest BCUT2D eigenvalue weighted by atomic mass is 32.2. The molecule has 9 nitrogen and oxygen atoms in total. The minimum absolute atomic E-state index is 0.0241. The number of esters is 1. The zero-order valence-corrected chi connectivity index (χ0v) is 22.2. The van der Waals surface area contributed by atoms with Gasteiger partial charge in [0.1, 0.15) is 12.4 Å². The number of carbonyl (C=O) groups is 2. The third-order valence-electron chi connectivity index (χ3n) is 5.69. The number of ether oxygens (including phenoxy) is 1. The van der Waals surface area contributed by atoms with Gasteiger partial charge >= 0.3 is 5.97 Å². The van der Waals surface area contributed by atoms with E-state index in [2.05, 4.69) is 17.0 Å². The average Bonchev–Trinajstić information content (AvgIpc) is 3.32. The van der Waals surface area contributed by atoms with Crippen LogP contribution < -0.4 is 5.32 Å². The quantitative estimate of drug-likeness (QED) is 0.294. The second-order valence-electron chi connectivity index (χ2n) is 8.23. The van der Waals surface area contributed by atoms with E-state index >= 15 is 0 Å². The van der Waals surface area contributed by atoms with Gasteiger partial charge in [-0.1, -0.05) is 24.8 Å². The van der Waals surface area contributed by atoms with Gasteiger partial charge in [-0.05, 0) is 55.0 Å². The van der Waals surface area contributed by atoms with Crippen LogP contribution in [0.25, 0.3) is 17.3 Å². The molecule has 0 spiro atoms. The molecule has 1 N–H and O–H groups in total. The second kappa shape index (κ2) is 12.4. The summed E-state index contributed by atoms with van der Waals surface area (Å²) in [6, 6.07) is 12.0. The van der Waals surface area contributed by atoms with Crippen molar-refractivity contribution in [1.29, 1.82) is 0 Å². The van der Waals surface area contributed by atoms with E-state index in [-0.39, 0.29) is 36.3 Å². The lowest BCUT2D eigenvalue weighted by Crippen LogP contribution is -2.30. The number of hydrogen-bond acceptors (Lipinski definition) is 6. The predicted octanol–water partition coefficient (Wildman–Crippen LogP) is 3.56. The molecule has 1 aromatic heterocycles. The first-order valence-corrected chi connectivity index (χ1v) is 13.1. The lowest BCUT2D eigenvalue weighted by molar-refractivity contribution is -0.141. The van der Waals surface area contributed by atoms with Crippen LogP contribution in [0.2, 0.25) is 0 Å². The molecule has 38 heavy (non-hydrogen) atoms. The van der Waals surface area contributed by atoms with Crippen molar-refractivity contribution in [3.05, 3.63) is 90.0 Å². The fourth-order valence-corrected chi connectivity index (χ4v) is 4.79. The highest BCUT2D eigenvalue weighted by Gasteiger charge is 2.21. The third kappa shape index (κ3) is 6.61. The molecule has 0 aliphatic heterocycles. The Hall–Kier alpha value is -4.09. The van der Waals surface area contributed by atoms with Crippen LogP contribution in [0.3, 0.4) is 0 Å². The summed E-state index contributed by atoms with van der Waals surface area (Å²) in [6.45, 7) is 6.96. The molecule has 0 aliphatic rings. The van der Waals surface area contributed by atoms with E-state index in [0.717, 1.165) is 4.31 Å². The fraction of sp³-hybridized carbons (Fsp3) is 0.222. The van der Waals surface area contributed by atoms with Crippen molar-refractivity contribution in [3.8, 4) is 5.69 Å². The molecule has 0 unspecified atom stereocenters. The summed E-state index contributed by atoms with van der Waals surface area (Å²) in [7, 11) is -2.36. The standard InChI is InChI=1S/C27H29FN4O5S/c1-5-24(25-18-30-32(26(25)6-2)22-11-9-21(28)10-12-22)27(34)29-17-20-7-13-23(14-8-20)38(35,36)31(4)15-16-37-19(3)33/h5-14,18H,2,15-17H2,1,3-4H3,(H,29,34)/b24-5+. The van der Waals surface area contributed by atoms with E-state index in [1.54, 1.807) is 54.2 Å². The van der Waals surface area contributed by atoms with E-state index in [0.29, 0.717) is 28.1 Å². The van der Waals surface area contributed by atoms with Gasteiger partial charge in [0.15, 0.2) is 0 Å². The van der Waals surface area contributed by atoms with Gasteiger partial charge in [0.05, 0.1) is 22.5 Å². The topological polar surface area (TPSA) is 111 Å². The molecule has 0 aliphatic carbocycles. The highest BCUT2D eigenvalue weighted by Crippen LogP contribution is 2.24. The fourth-order valence-electron chi connectivity index (χ4n) is 3.63. The monoisotopic (exact) mass is 540 g/mol. The van der Waals surface area contributed by atoms with Gasteiger partial charge in [-0.2, -0.15) is 9.40 Å². The summed E-state index contributed by atoms with van der Waals surface area (Å²) in [5.41, 5.74) is 2.83. The van der Waals surface area contributed by atoms with Crippen molar-refractivity contribution in [2.24, 2.45) is 0 Å². The number of amides is 1.